The molecule has 1 saturated heterocycles. The first-order valence-corrected chi connectivity index (χ1v) is 8.67. The molecule has 0 radical (unpaired) electrons. The van der Waals surface area contributed by atoms with E-state index in [1.165, 1.54) is 4.31 Å². The van der Waals surface area contributed by atoms with E-state index in [9.17, 15) is 13.2 Å². The SMILES string of the molecule is Cl.Nc1ccc(CCNC(=O)CCN2CCCS2(=O)=O)cc1. The van der Waals surface area contributed by atoms with E-state index in [2.05, 4.69) is 5.32 Å². The van der Waals surface area contributed by atoms with E-state index in [-0.39, 0.29) is 37.0 Å². The second kappa shape index (κ2) is 8.36. The van der Waals surface area contributed by atoms with Crippen molar-refractivity contribution in [3.05, 3.63) is 29.8 Å². The topological polar surface area (TPSA) is 92.5 Å². The third-order valence-electron chi connectivity index (χ3n) is 3.51. The van der Waals surface area contributed by atoms with Crippen molar-refractivity contribution >= 4 is 34.0 Å². The Bertz CT molecular complexity index is 590. The molecular formula is C14H22ClN3O3S. The van der Waals surface area contributed by atoms with Gasteiger partial charge in [0.15, 0.2) is 0 Å². The number of anilines is 1. The Balaban J connectivity index is 0.00000242. The molecule has 1 aromatic rings. The van der Waals surface area contributed by atoms with Crippen LogP contribution < -0.4 is 11.1 Å². The molecule has 22 heavy (non-hydrogen) atoms. The van der Waals surface area contributed by atoms with Crippen molar-refractivity contribution in [2.75, 3.05) is 31.1 Å². The van der Waals surface area contributed by atoms with E-state index in [1.807, 2.05) is 24.3 Å². The molecule has 1 fully saturated rings. The van der Waals surface area contributed by atoms with E-state index in [0.29, 0.717) is 19.5 Å². The lowest BCUT2D eigenvalue weighted by Gasteiger charge is -2.13. The zero-order valence-electron chi connectivity index (χ0n) is 12.3. The summed E-state index contributed by atoms with van der Waals surface area (Å²) in [5.74, 6) is 0.0821. The Morgan fingerprint density at radius 3 is 2.55 bits per heavy atom. The molecule has 1 heterocycles. The van der Waals surface area contributed by atoms with Crippen LogP contribution in [0.2, 0.25) is 0 Å². The normalized spacial score (nSPS) is 16.9. The molecule has 0 aliphatic carbocycles. The first kappa shape index (κ1) is 18.7. The van der Waals surface area contributed by atoms with Gasteiger partial charge in [-0.3, -0.25) is 4.79 Å². The molecule has 0 bridgehead atoms. The smallest absolute Gasteiger partial charge is 0.221 e. The quantitative estimate of drug-likeness (QED) is 0.743. The molecular weight excluding hydrogens is 326 g/mol. The monoisotopic (exact) mass is 347 g/mol. The molecule has 1 aromatic carbocycles. The molecule has 2 rings (SSSR count). The van der Waals surface area contributed by atoms with Crippen LogP contribution in [0.15, 0.2) is 24.3 Å². The standard InChI is InChI=1S/C14H21N3O3S.ClH/c15-13-4-2-12(3-5-13)6-8-16-14(18)7-10-17-9-1-11-21(17,19)20;/h2-5H,1,6-11,15H2,(H,16,18);1H. The summed E-state index contributed by atoms with van der Waals surface area (Å²) in [6, 6.07) is 7.52. The van der Waals surface area contributed by atoms with E-state index in [0.717, 1.165) is 17.7 Å². The molecule has 0 saturated carbocycles. The summed E-state index contributed by atoms with van der Waals surface area (Å²) in [5, 5.41) is 2.81. The number of nitrogens with zero attached hydrogens (tertiary/aromatic N) is 1. The molecule has 0 atom stereocenters. The number of carbonyl (C=O) groups excluding carboxylic acids is 1. The average Bonchev–Trinajstić information content (AvgIpc) is 2.77. The number of carbonyl (C=O) groups is 1. The number of amides is 1. The third kappa shape index (κ3) is 5.47. The second-order valence-corrected chi connectivity index (χ2v) is 7.25. The van der Waals surface area contributed by atoms with Crippen molar-refractivity contribution in [3.63, 3.8) is 0 Å². The Labute approximate surface area is 137 Å². The zero-order chi connectivity index (χ0) is 15.3. The van der Waals surface area contributed by atoms with Crippen LogP contribution in [0.5, 0.6) is 0 Å². The van der Waals surface area contributed by atoms with E-state index in [4.69, 9.17) is 5.73 Å². The Morgan fingerprint density at radius 2 is 1.95 bits per heavy atom. The number of rotatable bonds is 6. The molecule has 8 heteroatoms. The Morgan fingerprint density at radius 1 is 1.27 bits per heavy atom. The van der Waals surface area contributed by atoms with Crippen LogP contribution in [0.4, 0.5) is 5.69 Å². The lowest BCUT2D eigenvalue weighted by atomic mass is 10.1. The number of hydrogen-bond acceptors (Lipinski definition) is 4. The number of benzene rings is 1. The summed E-state index contributed by atoms with van der Waals surface area (Å²) in [7, 11) is -3.11. The zero-order valence-corrected chi connectivity index (χ0v) is 14.0. The maximum absolute atomic E-state index is 11.7. The van der Waals surface area contributed by atoms with Crippen molar-refractivity contribution in [2.24, 2.45) is 0 Å². The molecule has 3 N–H and O–H groups in total. The van der Waals surface area contributed by atoms with Crippen LogP contribution in [0.1, 0.15) is 18.4 Å². The van der Waals surface area contributed by atoms with Crippen LogP contribution in [-0.4, -0.2) is 44.0 Å². The van der Waals surface area contributed by atoms with Gasteiger partial charge in [0.05, 0.1) is 5.75 Å². The second-order valence-electron chi connectivity index (χ2n) is 5.16. The van der Waals surface area contributed by atoms with Gasteiger partial charge in [-0.2, -0.15) is 0 Å². The fourth-order valence-corrected chi connectivity index (χ4v) is 3.82. The summed E-state index contributed by atoms with van der Waals surface area (Å²) in [6.07, 6.45) is 1.59. The molecule has 1 aliphatic rings. The lowest BCUT2D eigenvalue weighted by molar-refractivity contribution is -0.121. The van der Waals surface area contributed by atoms with Gasteiger partial charge in [-0.15, -0.1) is 12.4 Å². The van der Waals surface area contributed by atoms with E-state index < -0.39 is 10.0 Å². The minimum absolute atomic E-state index is 0. The summed E-state index contributed by atoms with van der Waals surface area (Å²) in [4.78, 5) is 11.7. The van der Waals surface area contributed by atoms with Gasteiger partial charge in [0, 0.05) is 31.7 Å². The fraction of sp³-hybridized carbons (Fsp3) is 0.500. The lowest BCUT2D eigenvalue weighted by Crippen LogP contribution is -2.32. The molecule has 0 aromatic heterocycles. The molecule has 1 aliphatic heterocycles. The van der Waals surface area contributed by atoms with Crippen molar-refractivity contribution < 1.29 is 13.2 Å². The number of hydrogen-bond donors (Lipinski definition) is 2. The van der Waals surface area contributed by atoms with Crippen LogP contribution in [-0.2, 0) is 21.2 Å². The molecule has 1 amide bonds. The maximum Gasteiger partial charge on any atom is 0.221 e. The summed E-state index contributed by atoms with van der Waals surface area (Å²) in [5.41, 5.74) is 7.42. The van der Waals surface area contributed by atoms with Crippen molar-refractivity contribution in [1.82, 2.24) is 9.62 Å². The van der Waals surface area contributed by atoms with Gasteiger partial charge < -0.3 is 11.1 Å². The van der Waals surface area contributed by atoms with E-state index in [1.54, 1.807) is 0 Å². The number of nitrogens with two attached hydrogens (primary N) is 1. The van der Waals surface area contributed by atoms with Gasteiger partial charge in [0.2, 0.25) is 15.9 Å². The van der Waals surface area contributed by atoms with E-state index >= 15 is 0 Å². The molecule has 0 spiro atoms. The van der Waals surface area contributed by atoms with Gasteiger partial charge in [-0.05, 0) is 30.5 Å². The van der Waals surface area contributed by atoms with Crippen LogP contribution in [0.3, 0.4) is 0 Å². The molecule has 0 unspecified atom stereocenters. The number of halogens is 1. The van der Waals surface area contributed by atoms with Gasteiger partial charge in [0.1, 0.15) is 0 Å². The molecule has 6 nitrogen and oxygen atoms in total. The summed E-state index contributed by atoms with van der Waals surface area (Å²) in [6.45, 7) is 1.34. The van der Waals surface area contributed by atoms with Crippen molar-refractivity contribution in [2.45, 2.75) is 19.3 Å². The minimum atomic E-state index is -3.11. The minimum Gasteiger partial charge on any atom is -0.399 e. The first-order chi connectivity index (χ1) is 9.97. The van der Waals surface area contributed by atoms with Gasteiger partial charge in [-0.1, -0.05) is 12.1 Å². The maximum atomic E-state index is 11.7. The average molecular weight is 348 g/mol. The third-order valence-corrected chi connectivity index (χ3v) is 5.46. The number of nitrogens with one attached hydrogen (secondary N) is 1. The van der Waals surface area contributed by atoms with Crippen molar-refractivity contribution in [3.8, 4) is 0 Å². The van der Waals surface area contributed by atoms with Crippen LogP contribution in [0.25, 0.3) is 0 Å². The molecule has 124 valence electrons. The van der Waals surface area contributed by atoms with Crippen LogP contribution in [0, 0.1) is 0 Å². The fourth-order valence-electron chi connectivity index (χ4n) is 2.29. The predicted molar refractivity (Wildman–Crippen MR) is 89.4 cm³/mol. The highest BCUT2D eigenvalue weighted by molar-refractivity contribution is 7.89. The highest BCUT2D eigenvalue weighted by atomic mass is 35.5. The summed E-state index contributed by atoms with van der Waals surface area (Å²) >= 11 is 0. The highest BCUT2D eigenvalue weighted by Crippen LogP contribution is 2.13. The van der Waals surface area contributed by atoms with Crippen LogP contribution >= 0.6 is 12.4 Å². The summed E-state index contributed by atoms with van der Waals surface area (Å²) < 4.78 is 24.6. The Kier molecular flexibility index (Phi) is 7.12. The van der Waals surface area contributed by atoms with Gasteiger partial charge in [0.25, 0.3) is 0 Å². The van der Waals surface area contributed by atoms with Gasteiger partial charge >= 0.3 is 0 Å². The predicted octanol–water partition coefficient (Wildman–Crippen LogP) is 0.775. The Hall–Kier alpha value is -1.31. The largest absolute Gasteiger partial charge is 0.399 e. The van der Waals surface area contributed by atoms with Gasteiger partial charge in [-0.25, -0.2) is 12.7 Å². The number of sulfonamides is 1. The first-order valence-electron chi connectivity index (χ1n) is 7.06. The van der Waals surface area contributed by atoms with Crippen molar-refractivity contribution in [1.29, 1.82) is 0 Å². The number of nitrogen functional groups attached to an aromatic ring is 1. The highest BCUT2D eigenvalue weighted by Gasteiger charge is 2.27.